The highest BCUT2D eigenvalue weighted by Crippen LogP contribution is 2.20. The summed E-state index contributed by atoms with van der Waals surface area (Å²) >= 11 is 0. The fourth-order valence-electron chi connectivity index (χ4n) is 3.31. The molecule has 5 heteroatoms. The Morgan fingerprint density at radius 2 is 2.09 bits per heavy atom. The minimum atomic E-state index is 0.0846. The molecule has 2 heterocycles. The van der Waals surface area contributed by atoms with E-state index < -0.39 is 0 Å². The van der Waals surface area contributed by atoms with Gasteiger partial charge in [-0.1, -0.05) is 26.7 Å². The van der Waals surface area contributed by atoms with Crippen LogP contribution in [0.3, 0.4) is 0 Å². The number of likely N-dealkylation sites (tertiary alicyclic amines) is 1. The Morgan fingerprint density at radius 1 is 1.35 bits per heavy atom. The number of nitrogens with one attached hydrogen (secondary N) is 1. The maximum absolute atomic E-state index is 12.5. The van der Waals surface area contributed by atoms with Crippen LogP contribution in [0, 0.1) is 5.92 Å². The third kappa shape index (κ3) is 5.34. The lowest BCUT2D eigenvalue weighted by Gasteiger charge is -2.33. The van der Waals surface area contributed by atoms with Crippen LogP contribution >= 0.6 is 0 Å². The van der Waals surface area contributed by atoms with Gasteiger partial charge in [0.15, 0.2) is 0 Å². The van der Waals surface area contributed by atoms with E-state index in [-0.39, 0.29) is 5.91 Å². The number of unbranched alkanes of at least 4 members (excludes halogenated alkanes) is 1. The highest BCUT2D eigenvalue weighted by atomic mass is 16.2. The minimum absolute atomic E-state index is 0.0846. The molecule has 1 amide bonds. The Labute approximate surface area is 140 Å². The zero-order valence-corrected chi connectivity index (χ0v) is 15.0. The molecule has 0 radical (unpaired) electrons. The van der Waals surface area contributed by atoms with Crippen molar-refractivity contribution in [1.82, 2.24) is 20.0 Å². The number of aromatic nitrogens is 2. The van der Waals surface area contributed by atoms with E-state index in [1.165, 1.54) is 19.4 Å². The zero-order chi connectivity index (χ0) is 16.7. The molecule has 1 aromatic rings. The summed E-state index contributed by atoms with van der Waals surface area (Å²) in [6.45, 7) is 8.43. The van der Waals surface area contributed by atoms with Gasteiger partial charge in [-0.05, 0) is 51.3 Å². The smallest absolute Gasteiger partial charge is 0.274 e. The maximum atomic E-state index is 12.5. The van der Waals surface area contributed by atoms with Gasteiger partial charge in [0.25, 0.3) is 5.91 Å². The van der Waals surface area contributed by atoms with E-state index in [1.54, 1.807) is 0 Å². The number of H-pyrrole nitrogens is 1. The second-order valence-electron chi connectivity index (χ2n) is 6.88. The number of carbonyl (C=O) groups is 1. The second-order valence-corrected chi connectivity index (χ2v) is 6.88. The van der Waals surface area contributed by atoms with Crippen LogP contribution in [0.5, 0.6) is 0 Å². The topological polar surface area (TPSA) is 52.2 Å². The second kappa shape index (κ2) is 9.06. The van der Waals surface area contributed by atoms with Crippen molar-refractivity contribution in [3.05, 3.63) is 17.5 Å². The average molecular weight is 320 g/mol. The summed E-state index contributed by atoms with van der Waals surface area (Å²) in [5, 5.41) is 7.16. The number of nitrogens with zero attached hydrogens (tertiary/aromatic N) is 3. The molecule has 1 aliphatic heterocycles. The molecule has 1 aromatic heterocycles. The van der Waals surface area contributed by atoms with Crippen molar-refractivity contribution >= 4 is 5.91 Å². The first-order chi connectivity index (χ1) is 11.1. The van der Waals surface area contributed by atoms with E-state index in [0.29, 0.717) is 5.69 Å². The van der Waals surface area contributed by atoms with Gasteiger partial charge in [-0.2, -0.15) is 5.10 Å². The van der Waals surface area contributed by atoms with Crippen molar-refractivity contribution in [3.8, 4) is 0 Å². The van der Waals surface area contributed by atoms with Gasteiger partial charge in [0.05, 0.1) is 0 Å². The maximum Gasteiger partial charge on any atom is 0.274 e. The summed E-state index contributed by atoms with van der Waals surface area (Å²) in [5.74, 6) is 0.803. The Hall–Kier alpha value is -1.36. The molecule has 2 rings (SSSR count). The van der Waals surface area contributed by atoms with Crippen LogP contribution in [0.1, 0.15) is 62.1 Å². The van der Waals surface area contributed by atoms with Crippen molar-refractivity contribution in [2.45, 2.75) is 52.4 Å². The van der Waals surface area contributed by atoms with Crippen molar-refractivity contribution in [3.63, 3.8) is 0 Å². The zero-order valence-electron chi connectivity index (χ0n) is 15.0. The number of aryl methyl sites for hydroxylation is 1. The van der Waals surface area contributed by atoms with Crippen LogP contribution in [0.4, 0.5) is 0 Å². The molecule has 130 valence electrons. The number of hydrogen-bond acceptors (Lipinski definition) is 3. The van der Waals surface area contributed by atoms with Gasteiger partial charge in [0.1, 0.15) is 5.69 Å². The lowest BCUT2D eigenvalue weighted by molar-refractivity contribution is 0.0667. The van der Waals surface area contributed by atoms with Gasteiger partial charge in [-0.15, -0.1) is 0 Å². The Balaban J connectivity index is 1.77. The first kappa shape index (κ1) is 18.0. The Kier molecular flexibility index (Phi) is 7.09. The summed E-state index contributed by atoms with van der Waals surface area (Å²) in [6.07, 6.45) is 6.75. The molecule has 0 unspecified atom stereocenters. The fourth-order valence-corrected chi connectivity index (χ4v) is 3.31. The third-order valence-corrected chi connectivity index (χ3v) is 4.73. The van der Waals surface area contributed by atoms with E-state index in [1.807, 2.05) is 11.0 Å². The van der Waals surface area contributed by atoms with Crippen molar-refractivity contribution in [2.75, 3.05) is 33.2 Å². The molecule has 0 spiro atoms. The molecule has 1 aliphatic rings. The summed E-state index contributed by atoms with van der Waals surface area (Å²) in [4.78, 5) is 16.9. The van der Waals surface area contributed by atoms with Gasteiger partial charge in [-0.3, -0.25) is 9.89 Å². The van der Waals surface area contributed by atoms with Crippen LogP contribution < -0.4 is 0 Å². The van der Waals surface area contributed by atoms with Crippen molar-refractivity contribution < 1.29 is 4.79 Å². The summed E-state index contributed by atoms with van der Waals surface area (Å²) in [6, 6.07) is 1.91. The average Bonchev–Trinajstić information content (AvgIpc) is 3.02. The SMILES string of the molecule is CCCCN(C)CC1CCN(C(=O)c2cc(CCC)[nH]n2)CC1. The van der Waals surface area contributed by atoms with Gasteiger partial charge in [0, 0.05) is 25.3 Å². The highest BCUT2D eigenvalue weighted by molar-refractivity contribution is 5.92. The molecule has 0 atom stereocenters. The number of rotatable bonds is 8. The first-order valence-electron chi connectivity index (χ1n) is 9.16. The molecule has 23 heavy (non-hydrogen) atoms. The van der Waals surface area contributed by atoms with Gasteiger partial charge in [0.2, 0.25) is 0 Å². The highest BCUT2D eigenvalue weighted by Gasteiger charge is 2.25. The monoisotopic (exact) mass is 320 g/mol. The molecular formula is C18H32N4O. The lowest BCUT2D eigenvalue weighted by atomic mass is 9.96. The quantitative estimate of drug-likeness (QED) is 0.801. The normalized spacial score (nSPS) is 16.3. The van der Waals surface area contributed by atoms with Crippen LogP contribution in [0.25, 0.3) is 0 Å². The van der Waals surface area contributed by atoms with E-state index in [9.17, 15) is 4.79 Å². The molecule has 0 bridgehead atoms. The number of hydrogen-bond donors (Lipinski definition) is 1. The van der Waals surface area contributed by atoms with Crippen LogP contribution in [-0.4, -0.2) is 59.1 Å². The first-order valence-corrected chi connectivity index (χ1v) is 9.16. The van der Waals surface area contributed by atoms with E-state index in [2.05, 4.69) is 36.0 Å². The van der Waals surface area contributed by atoms with Gasteiger partial charge in [-0.25, -0.2) is 0 Å². The predicted octanol–water partition coefficient (Wildman–Crippen LogP) is 2.95. The number of aromatic amines is 1. The van der Waals surface area contributed by atoms with Crippen LogP contribution in [0.15, 0.2) is 6.07 Å². The summed E-state index contributed by atoms with van der Waals surface area (Å²) in [7, 11) is 2.21. The lowest BCUT2D eigenvalue weighted by Crippen LogP contribution is -2.41. The molecule has 1 N–H and O–H groups in total. The Morgan fingerprint density at radius 3 is 2.74 bits per heavy atom. The molecular weight excluding hydrogens is 288 g/mol. The van der Waals surface area contributed by atoms with Crippen molar-refractivity contribution in [2.24, 2.45) is 5.92 Å². The summed E-state index contributed by atoms with van der Waals surface area (Å²) in [5.41, 5.74) is 1.63. The number of amides is 1. The Bertz CT molecular complexity index is 477. The van der Waals surface area contributed by atoms with E-state index >= 15 is 0 Å². The minimum Gasteiger partial charge on any atom is -0.337 e. The van der Waals surface area contributed by atoms with Crippen molar-refractivity contribution in [1.29, 1.82) is 0 Å². The van der Waals surface area contributed by atoms with Crippen LogP contribution in [-0.2, 0) is 6.42 Å². The number of piperidine rings is 1. The number of carbonyl (C=O) groups excluding carboxylic acids is 1. The summed E-state index contributed by atoms with van der Waals surface area (Å²) < 4.78 is 0. The molecule has 1 fully saturated rings. The van der Waals surface area contributed by atoms with Crippen LogP contribution in [0.2, 0.25) is 0 Å². The van der Waals surface area contributed by atoms with Gasteiger partial charge >= 0.3 is 0 Å². The molecule has 1 saturated heterocycles. The molecule has 0 saturated carbocycles. The van der Waals surface area contributed by atoms with E-state index in [4.69, 9.17) is 0 Å². The molecule has 0 aromatic carbocycles. The third-order valence-electron chi connectivity index (χ3n) is 4.73. The fraction of sp³-hybridized carbons (Fsp3) is 0.778. The predicted molar refractivity (Wildman–Crippen MR) is 93.6 cm³/mol. The largest absolute Gasteiger partial charge is 0.337 e. The van der Waals surface area contributed by atoms with E-state index in [0.717, 1.165) is 56.9 Å². The van der Waals surface area contributed by atoms with Gasteiger partial charge < -0.3 is 9.80 Å². The molecule has 0 aliphatic carbocycles. The molecule has 5 nitrogen and oxygen atoms in total. The standard InChI is InChI=1S/C18H32N4O/c1-4-6-10-21(3)14-15-8-11-22(12-9-15)18(23)17-13-16(7-5-2)19-20-17/h13,15H,4-12,14H2,1-3H3,(H,19,20).